The van der Waals surface area contributed by atoms with E-state index in [1.807, 2.05) is 0 Å². The van der Waals surface area contributed by atoms with Crippen LogP contribution in [0.2, 0.25) is 0 Å². The molecule has 0 fully saturated rings. The summed E-state index contributed by atoms with van der Waals surface area (Å²) in [6, 6.07) is 2.14. The zero-order valence-corrected chi connectivity index (χ0v) is 13.0. The van der Waals surface area contributed by atoms with Crippen molar-refractivity contribution >= 4 is 15.7 Å². The van der Waals surface area contributed by atoms with Crippen molar-refractivity contribution in [2.45, 2.75) is 44.6 Å². The molecule has 1 aromatic rings. The first-order valence-electron chi connectivity index (χ1n) is 6.44. The molecule has 21 heavy (non-hydrogen) atoms. The first kappa shape index (κ1) is 17.1. The molecule has 0 spiro atoms. The van der Waals surface area contributed by atoms with Gasteiger partial charge >= 0.3 is 0 Å². The minimum atomic E-state index is -4.00. The van der Waals surface area contributed by atoms with Crippen LogP contribution in [0.25, 0.3) is 0 Å². The third kappa shape index (κ3) is 4.03. The number of terminal acetylenes is 1. The van der Waals surface area contributed by atoms with Gasteiger partial charge in [-0.1, -0.05) is 6.92 Å². The fraction of sp³-hybridized carbons (Fsp3) is 0.429. The fourth-order valence-electron chi connectivity index (χ4n) is 1.83. The number of hydrogen-bond donors (Lipinski definition) is 1. The van der Waals surface area contributed by atoms with Gasteiger partial charge in [0.15, 0.2) is 4.90 Å². The van der Waals surface area contributed by atoms with Crippen LogP contribution < -0.4 is 4.72 Å². The Hall–Kier alpha value is -1.91. The van der Waals surface area contributed by atoms with Gasteiger partial charge in [0.05, 0.1) is 4.92 Å². The van der Waals surface area contributed by atoms with Crippen LogP contribution in [0.3, 0.4) is 0 Å². The van der Waals surface area contributed by atoms with Crippen LogP contribution in [0.15, 0.2) is 17.0 Å². The Morgan fingerprint density at radius 3 is 2.43 bits per heavy atom. The zero-order valence-electron chi connectivity index (χ0n) is 12.2. The highest BCUT2D eigenvalue weighted by atomic mass is 32.2. The molecule has 6 nitrogen and oxygen atoms in total. The Labute approximate surface area is 124 Å². The highest BCUT2D eigenvalue weighted by Gasteiger charge is 2.28. The normalized spacial score (nSPS) is 12.7. The number of nitro benzene ring substituents is 1. The van der Waals surface area contributed by atoms with Crippen LogP contribution in [-0.2, 0) is 10.0 Å². The van der Waals surface area contributed by atoms with Crippen LogP contribution in [0.4, 0.5) is 5.69 Å². The summed E-state index contributed by atoms with van der Waals surface area (Å²) < 4.78 is 27.2. The summed E-state index contributed by atoms with van der Waals surface area (Å²) in [6.07, 6.45) is 5.92. The van der Waals surface area contributed by atoms with Crippen LogP contribution in [0.1, 0.15) is 30.9 Å². The molecule has 7 heteroatoms. The maximum absolute atomic E-state index is 12.4. The molecule has 1 atom stereocenters. The smallest absolute Gasteiger partial charge is 0.258 e. The lowest BCUT2D eigenvalue weighted by molar-refractivity contribution is -0.387. The molecule has 0 saturated heterocycles. The van der Waals surface area contributed by atoms with Gasteiger partial charge < -0.3 is 0 Å². The second kappa shape index (κ2) is 6.70. The van der Waals surface area contributed by atoms with Crippen LogP contribution in [-0.4, -0.2) is 19.4 Å². The van der Waals surface area contributed by atoms with Crippen LogP contribution >= 0.6 is 0 Å². The number of hydrogen-bond acceptors (Lipinski definition) is 4. The second-order valence-electron chi connectivity index (χ2n) is 4.80. The van der Waals surface area contributed by atoms with Crippen LogP contribution in [0, 0.1) is 36.3 Å². The van der Waals surface area contributed by atoms with Gasteiger partial charge in [-0.2, -0.15) is 0 Å². The van der Waals surface area contributed by atoms with E-state index in [4.69, 9.17) is 6.42 Å². The maximum Gasteiger partial charge on any atom is 0.289 e. The van der Waals surface area contributed by atoms with E-state index in [9.17, 15) is 18.5 Å². The van der Waals surface area contributed by atoms with Gasteiger partial charge in [0, 0.05) is 18.5 Å². The van der Waals surface area contributed by atoms with Crippen molar-refractivity contribution in [3.63, 3.8) is 0 Å². The molecule has 1 N–H and O–H groups in total. The van der Waals surface area contributed by atoms with E-state index in [0.717, 1.165) is 0 Å². The highest BCUT2D eigenvalue weighted by Crippen LogP contribution is 2.27. The van der Waals surface area contributed by atoms with Gasteiger partial charge in [0.2, 0.25) is 10.0 Å². The van der Waals surface area contributed by atoms with Crippen molar-refractivity contribution in [1.29, 1.82) is 0 Å². The molecular formula is C14H18N2O4S. The molecule has 0 saturated carbocycles. The average Bonchev–Trinajstić information content (AvgIpc) is 2.40. The molecule has 1 rings (SSSR count). The maximum atomic E-state index is 12.4. The van der Waals surface area contributed by atoms with E-state index in [0.29, 0.717) is 17.5 Å². The summed E-state index contributed by atoms with van der Waals surface area (Å²) in [5, 5.41) is 11.1. The predicted octanol–water partition coefficient (Wildman–Crippen LogP) is 2.29. The Morgan fingerprint density at radius 2 is 1.95 bits per heavy atom. The lowest BCUT2D eigenvalue weighted by atomic mass is 10.1. The first-order valence-corrected chi connectivity index (χ1v) is 7.92. The highest BCUT2D eigenvalue weighted by molar-refractivity contribution is 7.89. The Balaban J connectivity index is 3.34. The fourth-order valence-corrected chi connectivity index (χ4v) is 3.38. The minimum absolute atomic E-state index is 0.231. The van der Waals surface area contributed by atoms with Crippen molar-refractivity contribution in [3.8, 4) is 12.3 Å². The molecule has 0 aromatic heterocycles. The summed E-state index contributed by atoms with van der Waals surface area (Å²) in [6.45, 7) is 5.19. The van der Waals surface area contributed by atoms with E-state index in [1.165, 1.54) is 12.1 Å². The average molecular weight is 310 g/mol. The Kier molecular flexibility index (Phi) is 5.47. The number of nitrogens with one attached hydrogen (secondary N) is 1. The molecule has 114 valence electrons. The van der Waals surface area contributed by atoms with Gasteiger partial charge in [-0.15, -0.1) is 12.3 Å². The summed E-state index contributed by atoms with van der Waals surface area (Å²) >= 11 is 0. The van der Waals surface area contributed by atoms with Crippen LogP contribution in [0.5, 0.6) is 0 Å². The summed E-state index contributed by atoms with van der Waals surface area (Å²) in [4.78, 5) is 10.1. The third-order valence-corrected chi connectivity index (χ3v) is 4.79. The van der Waals surface area contributed by atoms with E-state index in [-0.39, 0.29) is 11.3 Å². The summed E-state index contributed by atoms with van der Waals surface area (Å²) in [5.41, 5.74) is 0.906. The minimum Gasteiger partial charge on any atom is -0.258 e. The molecule has 1 unspecified atom stereocenters. The quantitative estimate of drug-likeness (QED) is 0.496. The molecule has 0 aliphatic carbocycles. The Morgan fingerprint density at radius 1 is 1.38 bits per heavy atom. The number of benzene rings is 1. The molecule has 0 heterocycles. The predicted molar refractivity (Wildman–Crippen MR) is 80.4 cm³/mol. The molecule has 0 radical (unpaired) electrons. The monoisotopic (exact) mass is 310 g/mol. The number of rotatable bonds is 6. The number of aryl methyl sites for hydroxylation is 2. The van der Waals surface area contributed by atoms with Crippen molar-refractivity contribution in [2.24, 2.45) is 0 Å². The standard InChI is InChI=1S/C14H18N2O4S/c1-5-7-12(6-2)15-21(19,20)14-9-11(4)10(3)8-13(14)16(17)18/h1,8-9,12,15H,6-7H2,2-4H3. The van der Waals surface area contributed by atoms with Crippen molar-refractivity contribution in [1.82, 2.24) is 4.72 Å². The molecule has 0 aliphatic rings. The van der Waals surface area contributed by atoms with Crippen molar-refractivity contribution in [2.75, 3.05) is 0 Å². The molecule has 0 bridgehead atoms. The van der Waals surface area contributed by atoms with E-state index in [2.05, 4.69) is 10.6 Å². The van der Waals surface area contributed by atoms with E-state index >= 15 is 0 Å². The Bertz CT molecular complexity index is 690. The zero-order chi connectivity index (χ0) is 16.2. The van der Waals surface area contributed by atoms with Crippen molar-refractivity contribution < 1.29 is 13.3 Å². The van der Waals surface area contributed by atoms with Gasteiger partial charge in [-0.3, -0.25) is 10.1 Å². The van der Waals surface area contributed by atoms with E-state index in [1.54, 1.807) is 20.8 Å². The molecule has 0 aliphatic heterocycles. The molecule has 0 amide bonds. The van der Waals surface area contributed by atoms with Gasteiger partial charge in [-0.05, 0) is 37.5 Å². The van der Waals surface area contributed by atoms with Gasteiger partial charge in [0.25, 0.3) is 5.69 Å². The summed E-state index contributed by atoms with van der Waals surface area (Å²) in [7, 11) is -4.00. The van der Waals surface area contributed by atoms with Gasteiger partial charge in [0.1, 0.15) is 0 Å². The largest absolute Gasteiger partial charge is 0.289 e. The van der Waals surface area contributed by atoms with Gasteiger partial charge in [-0.25, -0.2) is 13.1 Å². The van der Waals surface area contributed by atoms with E-state index < -0.39 is 26.7 Å². The molecule has 1 aromatic carbocycles. The topological polar surface area (TPSA) is 89.3 Å². The van der Waals surface area contributed by atoms with Crippen molar-refractivity contribution in [3.05, 3.63) is 33.4 Å². The number of sulfonamides is 1. The number of nitrogens with zero attached hydrogens (tertiary/aromatic N) is 1. The summed E-state index contributed by atoms with van der Waals surface area (Å²) in [5.74, 6) is 2.39. The lowest BCUT2D eigenvalue weighted by Gasteiger charge is -2.15. The first-order chi connectivity index (χ1) is 9.72. The second-order valence-corrected chi connectivity index (χ2v) is 6.48. The third-order valence-electron chi connectivity index (χ3n) is 3.24. The SMILES string of the molecule is C#CCC(CC)NS(=O)(=O)c1cc(C)c(C)cc1[N+](=O)[O-]. The number of nitro groups is 1. The molecular weight excluding hydrogens is 292 g/mol. The lowest BCUT2D eigenvalue weighted by Crippen LogP contribution is -2.34.